The fraction of sp³-hybridized carbons (Fsp3) is 0.625. The number of nitrogens with one attached hydrogen (secondary N) is 1. The van der Waals surface area contributed by atoms with Gasteiger partial charge in [-0.15, -0.1) is 0 Å². The number of hydrogen-bond donors (Lipinski definition) is 1. The normalized spacial score (nSPS) is 19.1. The molecule has 4 nitrogen and oxygen atoms in total. The Labute approximate surface area is 121 Å². The maximum atomic E-state index is 11.8. The zero-order valence-electron chi connectivity index (χ0n) is 12.3. The number of carbonyl (C=O) groups is 1. The molecule has 0 unspecified atom stereocenters. The summed E-state index contributed by atoms with van der Waals surface area (Å²) in [6, 6.07) is 6.59. The summed E-state index contributed by atoms with van der Waals surface area (Å²) in [6.07, 6.45) is 7.34. The number of aromatic nitrogens is 1. The number of aryl methyl sites for hydroxylation is 1. The molecule has 0 aromatic carbocycles. The number of nitrogens with zero attached hydrogens (tertiary/aromatic N) is 2. The molecule has 1 aromatic rings. The molecule has 1 aliphatic rings. The van der Waals surface area contributed by atoms with E-state index in [1.54, 1.807) is 0 Å². The number of hydrogen-bond acceptors (Lipinski definition) is 3. The van der Waals surface area contributed by atoms with Crippen LogP contribution in [0.4, 0.5) is 0 Å². The number of rotatable bonds is 7. The molecule has 1 fully saturated rings. The summed E-state index contributed by atoms with van der Waals surface area (Å²) in [5.74, 6) is 0.164. The van der Waals surface area contributed by atoms with Crippen LogP contribution in [0.5, 0.6) is 0 Å². The zero-order chi connectivity index (χ0) is 14.2. The van der Waals surface area contributed by atoms with E-state index >= 15 is 0 Å². The van der Waals surface area contributed by atoms with Crippen LogP contribution in [0.2, 0.25) is 0 Å². The highest BCUT2D eigenvalue weighted by Gasteiger charge is 2.25. The molecule has 1 N–H and O–H groups in total. The van der Waals surface area contributed by atoms with Crippen LogP contribution in [0.3, 0.4) is 0 Å². The minimum atomic E-state index is 0.164. The van der Waals surface area contributed by atoms with Gasteiger partial charge in [-0.2, -0.15) is 0 Å². The molecule has 20 heavy (non-hydrogen) atoms. The molecule has 0 bridgehead atoms. The lowest BCUT2D eigenvalue weighted by molar-refractivity contribution is -0.122. The van der Waals surface area contributed by atoms with Crippen LogP contribution in [0.15, 0.2) is 24.4 Å². The summed E-state index contributed by atoms with van der Waals surface area (Å²) >= 11 is 0. The predicted octanol–water partition coefficient (Wildman–Crippen LogP) is 2.00. The third-order valence-electron chi connectivity index (χ3n) is 3.88. The summed E-state index contributed by atoms with van der Waals surface area (Å²) < 4.78 is 0. The fourth-order valence-electron chi connectivity index (χ4n) is 2.80. The van der Waals surface area contributed by atoms with Crippen LogP contribution < -0.4 is 5.32 Å². The zero-order valence-corrected chi connectivity index (χ0v) is 12.3. The molecule has 0 saturated carbocycles. The molecule has 0 aliphatic carbocycles. The van der Waals surface area contributed by atoms with Crippen molar-refractivity contribution >= 4 is 5.91 Å². The van der Waals surface area contributed by atoms with E-state index in [1.807, 2.05) is 18.3 Å². The van der Waals surface area contributed by atoms with E-state index in [9.17, 15) is 4.79 Å². The number of carbonyl (C=O) groups excluding carboxylic acids is 1. The largest absolute Gasteiger partial charge is 0.355 e. The van der Waals surface area contributed by atoms with E-state index in [-0.39, 0.29) is 5.91 Å². The average molecular weight is 275 g/mol. The highest BCUT2D eigenvalue weighted by Crippen LogP contribution is 2.21. The minimum absolute atomic E-state index is 0.164. The van der Waals surface area contributed by atoms with Crippen LogP contribution in [-0.4, -0.2) is 41.5 Å². The Morgan fingerprint density at radius 3 is 3.15 bits per heavy atom. The van der Waals surface area contributed by atoms with Crippen molar-refractivity contribution in [3.8, 4) is 0 Å². The molecule has 2 heterocycles. The molecule has 110 valence electrons. The highest BCUT2D eigenvalue weighted by atomic mass is 16.2. The molecule has 4 heteroatoms. The maximum absolute atomic E-state index is 11.8. The second-order valence-corrected chi connectivity index (χ2v) is 5.48. The van der Waals surface area contributed by atoms with E-state index in [0.717, 1.165) is 38.0 Å². The molecule has 1 aromatic heterocycles. The van der Waals surface area contributed by atoms with Gasteiger partial charge < -0.3 is 5.32 Å². The average Bonchev–Trinajstić information content (AvgIpc) is 2.91. The standard InChI is InChI=1S/C16H25N3O/c1-2-10-18-16(20)13-19-12-5-7-15(19)9-8-14-6-3-4-11-17-14/h3-4,6,11,15H,2,5,7-10,12-13H2,1H3,(H,18,20)/t15-/m1/s1. The van der Waals surface area contributed by atoms with Gasteiger partial charge in [0.15, 0.2) is 0 Å². The van der Waals surface area contributed by atoms with Crippen molar-refractivity contribution in [2.75, 3.05) is 19.6 Å². The number of amides is 1. The molecular formula is C16H25N3O. The third kappa shape index (κ3) is 4.60. The van der Waals surface area contributed by atoms with Gasteiger partial charge in [-0.1, -0.05) is 13.0 Å². The second kappa shape index (κ2) is 8.00. The Morgan fingerprint density at radius 2 is 2.40 bits per heavy atom. The predicted molar refractivity (Wildman–Crippen MR) is 80.5 cm³/mol. The van der Waals surface area contributed by atoms with E-state index < -0.39 is 0 Å². The smallest absolute Gasteiger partial charge is 0.234 e. The third-order valence-corrected chi connectivity index (χ3v) is 3.88. The quantitative estimate of drug-likeness (QED) is 0.828. The van der Waals surface area contributed by atoms with Gasteiger partial charge in [0, 0.05) is 24.5 Å². The van der Waals surface area contributed by atoms with Crippen LogP contribution in [0, 0.1) is 0 Å². The van der Waals surface area contributed by atoms with E-state index in [0.29, 0.717) is 12.6 Å². The van der Waals surface area contributed by atoms with E-state index in [2.05, 4.69) is 28.2 Å². The lowest BCUT2D eigenvalue weighted by atomic mass is 10.1. The molecule has 1 aliphatic heterocycles. The molecule has 2 rings (SSSR count). The van der Waals surface area contributed by atoms with E-state index in [4.69, 9.17) is 0 Å². The summed E-state index contributed by atoms with van der Waals surface area (Å²) in [5.41, 5.74) is 1.15. The van der Waals surface area contributed by atoms with Gasteiger partial charge in [0.25, 0.3) is 0 Å². The van der Waals surface area contributed by atoms with Crippen molar-refractivity contribution in [3.05, 3.63) is 30.1 Å². The Morgan fingerprint density at radius 1 is 1.50 bits per heavy atom. The van der Waals surface area contributed by atoms with Crippen LogP contribution in [0.1, 0.15) is 38.3 Å². The van der Waals surface area contributed by atoms with Gasteiger partial charge in [-0.05, 0) is 50.8 Å². The number of likely N-dealkylation sites (tertiary alicyclic amines) is 1. The van der Waals surface area contributed by atoms with Gasteiger partial charge in [-0.3, -0.25) is 14.7 Å². The lowest BCUT2D eigenvalue weighted by Gasteiger charge is -2.23. The van der Waals surface area contributed by atoms with Crippen molar-refractivity contribution in [1.82, 2.24) is 15.2 Å². The maximum Gasteiger partial charge on any atom is 0.234 e. The minimum Gasteiger partial charge on any atom is -0.355 e. The molecule has 1 saturated heterocycles. The first-order chi connectivity index (χ1) is 9.79. The lowest BCUT2D eigenvalue weighted by Crippen LogP contribution is -2.40. The Kier molecular flexibility index (Phi) is 5.99. The SMILES string of the molecule is CCCNC(=O)CN1CCC[C@@H]1CCc1ccccn1. The highest BCUT2D eigenvalue weighted by molar-refractivity contribution is 5.78. The first kappa shape index (κ1) is 15.0. The van der Waals surface area contributed by atoms with Crippen molar-refractivity contribution in [2.24, 2.45) is 0 Å². The first-order valence-corrected chi connectivity index (χ1v) is 7.70. The van der Waals surface area contributed by atoms with Gasteiger partial charge in [0.1, 0.15) is 0 Å². The molecule has 0 radical (unpaired) electrons. The summed E-state index contributed by atoms with van der Waals surface area (Å²) in [4.78, 5) is 18.5. The molecular weight excluding hydrogens is 250 g/mol. The Balaban J connectivity index is 1.77. The Bertz CT molecular complexity index is 407. The topological polar surface area (TPSA) is 45.2 Å². The summed E-state index contributed by atoms with van der Waals surface area (Å²) in [7, 11) is 0. The van der Waals surface area contributed by atoms with Gasteiger partial charge >= 0.3 is 0 Å². The van der Waals surface area contributed by atoms with E-state index in [1.165, 1.54) is 12.8 Å². The van der Waals surface area contributed by atoms with Gasteiger partial charge in [0.2, 0.25) is 5.91 Å². The Hall–Kier alpha value is -1.42. The van der Waals surface area contributed by atoms with Crippen molar-refractivity contribution in [3.63, 3.8) is 0 Å². The van der Waals surface area contributed by atoms with Crippen LogP contribution >= 0.6 is 0 Å². The first-order valence-electron chi connectivity index (χ1n) is 7.70. The fourth-order valence-corrected chi connectivity index (χ4v) is 2.80. The van der Waals surface area contributed by atoms with Gasteiger partial charge in [-0.25, -0.2) is 0 Å². The van der Waals surface area contributed by atoms with Crippen molar-refractivity contribution in [2.45, 2.75) is 45.1 Å². The monoisotopic (exact) mass is 275 g/mol. The van der Waals surface area contributed by atoms with Crippen LogP contribution in [0.25, 0.3) is 0 Å². The summed E-state index contributed by atoms with van der Waals surface area (Å²) in [5, 5.41) is 2.96. The second-order valence-electron chi connectivity index (χ2n) is 5.48. The summed E-state index contributed by atoms with van der Waals surface area (Å²) in [6.45, 7) is 4.45. The van der Waals surface area contributed by atoms with Gasteiger partial charge in [0.05, 0.1) is 6.54 Å². The molecule has 1 amide bonds. The number of pyridine rings is 1. The van der Waals surface area contributed by atoms with Crippen molar-refractivity contribution in [1.29, 1.82) is 0 Å². The molecule has 1 atom stereocenters. The molecule has 0 spiro atoms. The van der Waals surface area contributed by atoms with Crippen LogP contribution in [-0.2, 0) is 11.2 Å². The van der Waals surface area contributed by atoms with Crippen molar-refractivity contribution < 1.29 is 4.79 Å².